The lowest BCUT2D eigenvalue weighted by Crippen LogP contribution is -2.43. The Balaban J connectivity index is 1.32. The molecule has 1 saturated heterocycles. The number of amides is 1. The average molecular weight is 395 g/mol. The SMILES string of the molecule is Cc1cc2nc(N3CCC(C(=O)NC4CCCC4)CC3)n(CC3CC3)c2cc1C. The summed E-state index contributed by atoms with van der Waals surface area (Å²) in [4.78, 5) is 20.2. The van der Waals surface area contributed by atoms with Crippen LogP contribution >= 0.6 is 0 Å². The van der Waals surface area contributed by atoms with Crippen molar-refractivity contribution in [2.45, 2.75) is 77.8 Å². The Hall–Kier alpha value is -2.04. The third kappa shape index (κ3) is 3.88. The molecule has 3 aliphatic rings. The van der Waals surface area contributed by atoms with Gasteiger partial charge in [-0.1, -0.05) is 12.8 Å². The molecule has 0 bridgehead atoms. The second-order valence-corrected chi connectivity index (χ2v) is 9.64. The minimum atomic E-state index is 0.164. The molecule has 2 aliphatic carbocycles. The maximum Gasteiger partial charge on any atom is 0.223 e. The molecule has 2 heterocycles. The summed E-state index contributed by atoms with van der Waals surface area (Å²) in [5.74, 6) is 2.38. The maximum atomic E-state index is 12.7. The molecule has 1 N–H and O–H groups in total. The van der Waals surface area contributed by atoms with E-state index in [-0.39, 0.29) is 11.8 Å². The molecule has 0 unspecified atom stereocenters. The summed E-state index contributed by atoms with van der Waals surface area (Å²) in [7, 11) is 0. The number of rotatable bonds is 5. The van der Waals surface area contributed by atoms with Crippen molar-refractivity contribution in [3.05, 3.63) is 23.3 Å². The smallest absolute Gasteiger partial charge is 0.223 e. The zero-order valence-electron chi connectivity index (χ0n) is 17.9. The number of aromatic nitrogens is 2. The molecule has 0 atom stereocenters. The molecule has 1 aliphatic heterocycles. The van der Waals surface area contributed by atoms with Crippen molar-refractivity contribution in [3.8, 4) is 0 Å². The Bertz CT molecular complexity index is 899. The third-order valence-corrected chi connectivity index (χ3v) is 7.33. The number of hydrogen-bond donors (Lipinski definition) is 1. The van der Waals surface area contributed by atoms with Gasteiger partial charge in [-0.25, -0.2) is 4.98 Å². The van der Waals surface area contributed by atoms with Gasteiger partial charge in [-0.05, 0) is 81.5 Å². The lowest BCUT2D eigenvalue weighted by atomic mass is 9.95. The van der Waals surface area contributed by atoms with Gasteiger partial charge in [0.05, 0.1) is 11.0 Å². The molecule has 5 heteroatoms. The number of nitrogens with zero attached hydrogens (tertiary/aromatic N) is 3. The van der Waals surface area contributed by atoms with E-state index in [4.69, 9.17) is 4.98 Å². The summed E-state index contributed by atoms with van der Waals surface area (Å²) in [6.07, 6.45) is 9.40. The van der Waals surface area contributed by atoms with E-state index in [0.29, 0.717) is 6.04 Å². The number of aryl methyl sites for hydroxylation is 2. The number of piperidine rings is 1. The predicted octanol–water partition coefficient (Wildman–Crippen LogP) is 4.34. The number of imidazole rings is 1. The summed E-state index contributed by atoms with van der Waals surface area (Å²) < 4.78 is 2.46. The van der Waals surface area contributed by atoms with Crippen LogP contribution in [0, 0.1) is 25.7 Å². The van der Waals surface area contributed by atoms with E-state index < -0.39 is 0 Å². The van der Waals surface area contributed by atoms with Crippen LogP contribution in [0.2, 0.25) is 0 Å². The van der Waals surface area contributed by atoms with Gasteiger partial charge in [-0.3, -0.25) is 4.79 Å². The first-order valence-electron chi connectivity index (χ1n) is 11.6. The van der Waals surface area contributed by atoms with Gasteiger partial charge < -0.3 is 14.8 Å². The molecule has 3 fully saturated rings. The molecular weight excluding hydrogens is 360 g/mol. The van der Waals surface area contributed by atoms with Gasteiger partial charge in [0.1, 0.15) is 0 Å². The molecule has 156 valence electrons. The third-order valence-electron chi connectivity index (χ3n) is 7.33. The number of carbonyl (C=O) groups is 1. The number of anilines is 1. The van der Waals surface area contributed by atoms with Crippen LogP contribution in [0.3, 0.4) is 0 Å². The fourth-order valence-corrected chi connectivity index (χ4v) is 5.08. The van der Waals surface area contributed by atoms with Crippen LogP contribution in [0.4, 0.5) is 5.95 Å². The van der Waals surface area contributed by atoms with Crippen LogP contribution in [0.5, 0.6) is 0 Å². The van der Waals surface area contributed by atoms with Crippen molar-refractivity contribution in [1.29, 1.82) is 0 Å². The van der Waals surface area contributed by atoms with Crippen LogP contribution in [-0.2, 0) is 11.3 Å². The van der Waals surface area contributed by atoms with Gasteiger partial charge in [0.2, 0.25) is 11.9 Å². The minimum Gasteiger partial charge on any atom is -0.353 e. The van der Waals surface area contributed by atoms with Gasteiger partial charge in [0.15, 0.2) is 0 Å². The first kappa shape index (κ1) is 19.0. The maximum absolute atomic E-state index is 12.7. The monoisotopic (exact) mass is 394 g/mol. The fraction of sp³-hybridized carbons (Fsp3) is 0.667. The average Bonchev–Trinajstić information content (AvgIpc) is 3.28. The van der Waals surface area contributed by atoms with E-state index in [0.717, 1.165) is 62.7 Å². The predicted molar refractivity (Wildman–Crippen MR) is 117 cm³/mol. The van der Waals surface area contributed by atoms with Crippen LogP contribution in [0.1, 0.15) is 62.5 Å². The Labute approximate surface area is 173 Å². The summed E-state index contributed by atoms with van der Waals surface area (Å²) in [6, 6.07) is 4.97. The van der Waals surface area contributed by atoms with Gasteiger partial charge in [0.25, 0.3) is 0 Å². The lowest BCUT2D eigenvalue weighted by Gasteiger charge is -2.33. The minimum absolute atomic E-state index is 0.164. The molecule has 1 aromatic heterocycles. The van der Waals surface area contributed by atoms with Gasteiger partial charge in [-0.2, -0.15) is 0 Å². The molecule has 0 spiro atoms. The highest BCUT2D eigenvalue weighted by molar-refractivity contribution is 5.81. The van der Waals surface area contributed by atoms with Gasteiger partial charge >= 0.3 is 0 Å². The fourth-order valence-electron chi connectivity index (χ4n) is 5.08. The van der Waals surface area contributed by atoms with E-state index in [2.05, 4.69) is 40.8 Å². The number of nitrogens with one attached hydrogen (secondary N) is 1. The van der Waals surface area contributed by atoms with Gasteiger partial charge in [-0.15, -0.1) is 0 Å². The van der Waals surface area contributed by atoms with Crippen molar-refractivity contribution in [1.82, 2.24) is 14.9 Å². The first-order valence-corrected chi connectivity index (χ1v) is 11.6. The number of hydrogen-bond acceptors (Lipinski definition) is 3. The molecule has 1 aromatic carbocycles. The second-order valence-electron chi connectivity index (χ2n) is 9.64. The quantitative estimate of drug-likeness (QED) is 0.821. The summed E-state index contributed by atoms with van der Waals surface area (Å²) in [5, 5.41) is 3.30. The van der Waals surface area contributed by atoms with Crippen LogP contribution in [0.15, 0.2) is 12.1 Å². The van der Waals surface area contributed by atoms with Crippen molar-refractivity contribution >= 4 is 22.9 Å². The van der Waals surface area contributed by atoms with Crippen LogP contribution < -0.4 is 10.2 Å². The van der Waals surface area contributed by atoms with E-state index in [1.165, 1.54) is 42.3 Å². The Morgan fingerprint density at radius 3 is 2.41 bits per heavy atom. The molecular formula is C24H34N4O. The van der Waals surface area contributed by atoms with Crippen LogP contribution in [0.25, 0.3) is 11.0 Å². The Morgan fingerprint density at radius 2 is 1.72 bits per heavy atom. The van der Waals surface area contributed by atoms with E-state index in [1.54, 1.807) is 0 Å². The molecule has 5 rings (SSSR count). The second kappa shape index (κ2) is 7.66. The standard InChI is InChI=1S/C24H34N4O/c1-16-13-21-22(14-17(16)2)28(15-18-7-8-18)24(26-21)27-11-9-19(10-12-27)23(29)25-20-5-3-4-6-20/h13-14,18-20H,3-12,15H2,1-2H3,(H,25,29). The van der Waals surface area contributed by atoms with E-state index >= 15 is 0 Å². The molecule has 0 radical (unpaired) electrons. The van der Waals surface area contributed by atoms with E-state index in [9.17, 15) is 4.79 Å². The number of fused-ring (bicyclic) bond motifs is 1. The highest BCUT2D eigenvalue weighted by Crippen LogP contribution is 2.35. The van der Waals surface area contributed by atoms with E-state index in [1.807, 2.05) is 0 Å². The summed E-state index contributed by atoms with van der Waals surface area (Å²) in [6.45, 7) is 7.29. The molecule has 2 aromatic rings. The molecule has 29 heavy (non-hydrogen) atoms. The first-order chi connectivity index (χ1) is 14.1. The zero-order valence-corrected chi connectivity index (χ0v) is 17.9. The highest BCUT2D eigenvalue weighted by atomic mass is 16.1. The van der Waals surface area contributed by atoms with Crippen molar-refractivity contribution in [2.75, 3.05) is 18.0 Å². The number of benzene rings is 1. The largest absolute Gasteiger partial charge is 0.353 e. The summed E-state index contributed by atoms with van der Waals surface area (Å²) >= 11 is 0. The number of carbonyl (C=O) groups excluding carboxylic acids is 1. The van der Waals surface area contributed by atoms with Crippen molar-refractivity contribution in [2.24, 2.45) is 11.8 Å². The lowest BCUT2D eigenvalue weighted by molar-refractivity contribution is -0.126. The Kier molecular flexibility index (Phi) is 5.00. The zero-order chi connectivity index (χ0) is 20.0. The normalized spacial score (nSPS) is 21.2. The van der Waals surface area contributed by atoms with Crippen molar-refractivity contribution in [3.63, 3.8) is 0 Å². The topological polar surface area (TPSA) is 50.2 Å². The summed E-state index contributed by atoms with van der Waals surface area (Å²) in [5.41, 5.74) is 5.03. The Morgan fingerprint density at radius 1 is 1.03 bits per heavy atom. The van der Waals surface area contributed by atoms with Crippen molar-refractivity contribution < 1.29 is 4.79 Å². The molecule has 5 nitrogen and oxygen atoms in total. The highest BCUT2D eigenvalue weighted by Gasteiger charge is 2.31. The molecule has 1 amide bonds. The van der Waals surface area contributed by atoms with Gasteiger partial charge in [0, 0.05) is 31.6 Å². The molecule has 2 saturated carbocycles. The van der Waals surface area contributed by atoms with Crippen LogP contribution in [-0.4, -0.2) is 34.6 Å².